The molecule has 1 fully saturated rings. The molecule has 0 amide bonds. The van der Waals surface area contributed by atoms with Crippen LogP contribution in [0, 0.1) is 0 Å². The van der Waals surface area contributed by atoms with Gasteiger partial charge in [0.25, 0.3) is 5.56 Å². The molecular weight excluding hydrogens is 436 g/mol. The lowest BCUT2D eigenvalue weighted by Gasteiger charge is -2.17. The summed E-state index contributed by atoms with van der Waals surface area (Å²) in [6, 6.07) is 12.4. The Morgan fingerprint density at radius 2 is 1.96 bits per heavy atom. The third kappa shape index (κ3) is 2.59. The summed E-state index contributed by atoms with van der Waals surface area (Å²) in [6.07, 6.45) is 2.28. The molecule has 1 aliphatic carbocycles. The van der Waals surface area contributed by atoms with Crippen LogP contribution in [0.3, 0.4) is 0 Å². The number of thiophene rings is 1. The Balaban J connectivity index is 1.82. The minimum Gasteiger partial charge on any atom is -0.392 e. The second-order valence-corrected chi connectivity index (χ2v) is 9.25. The highest BCUT2D eigenvalue weighted by Gasteiger charge is 2.42. The van der Waals surface area contributed by atoms with Crippen molar-refractivity contribution in [1.82, 2.24) is 4.98 Å². The average molecular weight is 455 g/mol. The maximum Gasteiger partial charge on any atom is 0.266 e. The molecule has 0 spiro atoms. The molecule has 4 N–H and O–H groups in total. The lowest BCUT2D eigenvalue weighted by Crippen LogP contribution is -2.19. The summed E-state index contributed by atoms with van der Waals surface area (Å²) in [5.41, 5.74) is 10.9. The fourth-order valence-electron chi connectivity index (χ4n) is 4.15. The van der Waals surface area contributed by atoms with Crippen molar-refractivity contribution < 1.29 is 5.11 Å². The number of hydrogen-bond acceptors (Lipinski definition) is 4. The standard InChI is InChI=1S/C22H19BrN2O2S/c23-16-9-13(10-26)17(12-1-3-14(4-2-12)22(11-24)6-7-22)18-15-5-8-28-20(15)21(27)25-19(16)18/h1-5,8-9,26H,6-7,10-11,24H2,(H,25,27). The number of hydrogen-bond donors (Lipinski definition) is 3. The van der Waals surface area contributed by atoms with Crippen molar-refractivity contribution in [3.8, 4) is 11.1 Å². The first-order valence-corrected chi connectivity index (χ1v) is 10.9. The first-order valence-electron chi connectivity index (χ1n) is 9.24. The van der Waals surface area contributed by atoms with Crippen LogP contribution in [-0.2, 0) is 12.0 Å². The highest BCUT2D eigenvalue weighted by Crippen LogP contribution is 2.48. The van der Waals surface area contributed by atoms with Crippen LogP contribution < -0.4 is 11.3 Å². The van der Waals surface area contributed by atoms with E-state index in [4.69, 9.17) is 5.73 Å². The normalized spacial score (nSPS) is 15.4. The monoisotopic (exact) mass is 454 g/mol. The predicted octanol–water partition coefficient (Wildman–Crippen LogP) is 4.65. The van der Waals surface area contributed by atoms with Crippen molar-refractivity contribution >= 4 is 48.3 Å². The van der Waals surface area contributed by atoms with Crippen molar-refractivity contribution in [3.63, 3.8) is 0 Å². The summed E-state index contributed by atoms with van der Waals surface area (Å²) in [7, 11) is 0. The van der Waals surface area contributed by atoms with Crippen LogP contribution in [-0.4, -0.2) is 16.6 Å². The van der Waals surface area contributed by atoms with E-state index in [1.54, 1.807) is 0 Å². The average Bonchev–Trinajstić information content (AvgIpc) is 3.36. The number of fused-ring (bicyclic) bond motifs is 3. The number of aliphatic hydroxyl groups is 1. The first-order chi connectivity index (χ1) is 13.6. The number of nitrogens with two attached hydrogens (primary N) is 1. The maximum atomic E-state index is 12.5. The van der Waals surface area contributed by atoms with Gasteiger partial charge in [-0.25, -0.2) is 0 Å². The Bertz CT molecular complexity index is 1270. The van der Waals surface area contributed by atoms with Gasteiger partial charge in [-0.05, 0) is 68.5 Å². The van der Waals surface area contributed by atoms with Gasteiger partial charge < -0.3 is 15.8 Å². The molecule has 5 rings (SSSR count). The summed E-state index contributed by atoms with van der Waals surface area (Å²) < 4.78 is 1.48. The van der Waals surface area contributed by atoms with Crippen LogP contribution in [0.4, 0.5) is 0 Å². The molecule has 0 bridgehead atoms. The van der Waals surface area contributed by atoms with Crippen molar-refractivity contribution in [1.29, 1.82) is 0 Å². The number of aliphatic hydroxyl groups excluding tert-OH is 1. The lowest BCUT2D eigenvalue weighted by molar-refractivity contribution is 0.282. The Labute approximate surface area is 174 Å². The molecule has 6 heteroatoms. The SMILES string of the molecule is NCC1(c2ccc(-c3c(CO)cc(Br)c4[nH]c(=O)c5sccc5c34)cc2)CC1. The van der Waals surface area contributed by atoms with Gasteiger partial charge in [0.2, 0.25) is 0 Å². The van der Waals surface area contributed by atoms with Gasteiger partial charge in [-0.2, -0.15) is 0 Å². The van der Waals surface area contributed by atoms with E-state index in [1.807, 2.05) is 17.5 Å². The van der Waals surface area contributed by atoms with E-state index in [9.17, 15) is 9.90 Å². The molecular formula is C22H19BrN2O2S. The van der Waals surface area contributed by atoms with Crippen LogP contribution in [0.2, 0.25) is 0 Å². The van der Waals surface area contributed by atoms with Gasteiger partial charge in [0, 0.05) is 27.2 Å². The van der Waals surface area contributed by atoms with E-state index in [2.05, 4.69) is 45.2 Å². The van der Waals surface area contributed by atoms with Crippen LogP contribution in [0.25, 0.3) is 32.1 Å². The van der Waals surface area contributed by atoms with E-state index in [0.717, 1.165) is 50.3 Å². The summed E-state index contributed by atoms with van der Waals surface area (Å²) in [5.74, 6) is 0. The van der Waals surface area contributed by atoms with Crippen molar-refractivity contribution in [3.05, 3.63) is 67.7 Å². The number of H-pyrrole nitrogens is 1. The van der Waals surface area contributed by atoms with Crippen LogP contribution in [0.1, 0.15) is 24.0 Å². The molecule has 0 atom stereocenters. The van der Waals surface area contributed by atoms with Crippen LogP contribution >= 0.6 is 27.3 Å². The second kappa shape index (κ2) is 6.52. The quantitative estimate of drug-likeness (QED) is 0.419. The van der Waals surface area contributed by atoms with Gasteiger partial charge in [-0.1, -0.05) is 24.3 Å². The molecule has 2 aromatic heterocycles. The minimum absolute atomic E-state index is 0.0802. The van der Waals surface area contributed by atoms with Gasteiger partial charge in [-0.15, -0.1) is 11.3 Å². The summed E-state index contributed by atoms with van der Waals surface area (Å²) in [6.45, 7) is 0.593. The number of aromatic nitrogens is 1. The van der Waals surface area contributed by atoms with Gasteiger partial charge in [-0.3, -0.25) is 4.79 Å². The second-order valence-electron chi connectivity index (χ2n) is 7.48. The van der Waals surface area contributed by atoms with Crippen molar-refractivity contribution in [2.75, 3.05) is 6.54 Å². The Morgan fingerprint density at radius 3 is 2.61 bits per heavy atom. The summed E-state index contributed by atoms with van der Waals surface area (Å²) >= 11 is 5.00. The molecule has 1 aliphatic rings. The molecule has 0 unspecified atom stereocenters. The lowest BCUT2D eigenvalue weighted by atomic mass is 9.90. The smallest absolute Gasteiger partial charge is 0.266 e. The zero-order valence-electron chi connectivity index (χ0n) is 15.1. The van der Waals surface area contributed by atoms with Crippen LogP contribution in [0.5, 0.6) is 0 Å². The molecule has 0 aliphatic heterocycles. The van der Waals surface area contributed by atoms with Crippen molar-refractivity contribution in [2.45, 2.75) is 24.9 Å². The third-order valence-corrected chi connectivity index (χ3v) is 7.48. The summed E-state index contributed by atoms with van der Waals surface area (Å²) in [5, 5.41) is 13.9. The Hall–Kier alpha value is -1.99. The number of pyridine rings is 1. The van der Waals surface area contributed by atoms with E-state index < -0.39 is 0 Å². The molecule has 0 saturated heterocycles. The molecule has 142 valence electrons. The molecule has 2 heterocycles. The third-order valence-electron chi connectivity index (χ3n) is 5.94. The van der Waals surface area contributed by atoms with Crippen molar-refractivity contribution in [2.24, 2.45) is 5.73 Å². The predicted molar refractivity (Wildman–Crippen MR) is 119 cm³/mol. The topological polar surface area (TPSA) is 79.1 Å². The van der Waals surface area contributed by atoms with Gasteiger partial charge in [0.15, 0.2) is 0 Å². The highest BCUT2D eigenvalue weighted by molar-refractivity contribution is 9.10. The molecule has 28 heavy (non-hydrogen) atoms. The number of nitrogens with one attached hydrogen (secondary N) is 1. The molecule has 2 aromatic carbocycles. The Morgan fingerprint density at radius 1 is 1.21 bits per heavy atom. The summed E-state index contributed by atoms with van der Waals surface area (Å²) in [4.78, 5) is 15.5. The van der Waals surface area contributed by atoms with E-state index in [0.29, 0.717) is 11.2 Å². The zero-order chi connectivity index (χ0) is 19.5. The fourth-order valence-corrected chi connectivity index (χ4v) is 5.52. The number of halogens is 1. The zero-order valence-corrected chi connectivity index (χ0v) is 17.5. The Kier molecular flexibility index (Phi) is 4.21. The van der Waals surface area contributed by atoms with Gasteiger partial charge in [0.1, 0.15) is 4.70 Å². The molecule has 4 nitrogen and oxygen atoms in total. The number of aromatic amines is 1. The van der Waals surface area contributed by atoms with E-state index in [1.165, 1.54) is 16.9 Å². The van der Waals surface area contributed by atoms with Gasteiger partial charge in [0.05, 0.1) is 12.1 Å². The molecule has 4 aromatic rings. The maximum absolute atomic E-state index is 12.5. The molecule has 0 radical (unpaired) electrons. The van der Waals surface area contributed by atoms with E-state index in [-0.39, 0.29) is 17.6 Å². The largest absolute Gasteiger partial charge is 0.392 e. The highest BCUT2D eigenvalue weighted by atomic mass is 79.9. The first kappa shape index (κ1) is 18.1. The molecule has 1 saturated carbocycles. The number of rotatable bonds is 4. The van der Waals surface area contributed by atoms with Gasteiger partial charge >= 0.3 is 0 Å². The minimum atomic E-state index is -0.0881. The van der Waals surface area contributed by atoms with Crippen LogP contribution in [0.15, 0.2) is 51.0 Å². The number of benzene rings is 2. The van der Waals surface area contributed by atoms with E-state index >= 15 is 0 Å². The fraction of sp³-hybridized carbons (Fsp3) is 0.227.